The van der Waals surface area contributed by atoms with Gasteiger partial charge in [-0.2, -0.15) is 0 Å². The molecule has 3 N–H and O–H groups in total. The first-order valence-electron chi connectivity index (χ1n) is 7.08. The van der Waals surface area contributed by atoms with Gasteiger partial charge in [-0.05, 0) is 28.2 Å². The average Bonchev–Trinajstić information content (AvgIpc) is 2.91. The summed E-state index contributed by atoms with van der Waals surface area (Å²) >= 11 is 0. The number of nitrogens with one attached hydrogen (secondary N) is 2. The monoisotopic (exact) mass is 272 g/mol. The van der Waals surface area contributed by atoms with Crippen molar-refractivity contribution < 1.29 is 5.11 Å². The van der Waals surface area contributed by atoms with Crippen molar-refractivity contribution in [2.24, 2.45) is 0 Å². The van der Waals surface area contributed by atoms with Crippen LogP contribution < -0.4 is 5.32 Å². The summed E-state index contributed by atoms with van der Waals surface area (Å²) in [5.74, 6) is 0. The van der Waals surface area contributed by atoms with Crippen LogP contribution in [0, 0.1) is 0 Å². The van der Waals surface area contributed by atoms with Crippen LogP contribution in [0.3, 0.4) is 0 Å². The molecular weight excluding hydrogens is 248 g/mol. The fourth-order valence-electron chi connectivity index (χ4n) is 2.14. The highest BCUT2D eigenvalue weighted by Gasteiger charge is 2.14. The van der Waals surface area contributed by atoms with Crippen LogP contribution in [0.15, 0.2) is 42.7 Å². The van der Waals surface area contributed by atoms with Gasteiger partial charge in [0.15, 0.2) is 0 Å². The number of aliphatic hydroxyl groups is 1. The molecule has 0 aliphatic rings. The summed E-state index contributed by atoms with van der Waals surface area (Å²) in [7, 11) is 0. The van der Waals surface area contributed by atoms with Gasteiger partial charge in [0.1, 0.15) is 0 Å². The maximum Gasteiger partial charge on any atom is 0.0914 e. The van der Waals surface area contributed by atoms with Crippen molar-refractivity contribution in [3.63, 3.8) is 0 Å². The first-order chi connectivity index (χ1) is 9.47. The molecule has 20 heavy (non-hydrogen) atoms. The molecule has 3 heteroatoms. The number of aromatic amines is 1. The Morgan fingerprint density at radius 1 is 1.15 bits per heavy atom. The Morgan fingerprint density at radius 3 is 2.40 bits per heavy atom. The third-order valence-corrected chi connectivity index (χ3v) is 3.49. The molecule has 0 saturated heterocycles. The van der Waals surface area contributed by atoms with E-state index in [0.717, 1.165) is 12.1 Å². The summed E-state index contributed by atoms with van der Waals surface area (Å²) in [5.41, 5.74) is 3.59. The molecule has 3 nitrogen and oxygen atoms in total. The second-order valence-corrected chi connectivity index (χ2v) is 6.24. The second kappa shape index (κ2) is 6.25. The number of benzene rings is 1. The summed E-state index contributed by atoms with van der Waals surface area (Å²) in [4.78, 5) is 3.02. The standard InChI is InChI=1S/C17H24N2O/c1-17(2,3)15-6-4-14(5-7-15)16(20)12-19-11-13-8-9-18-10-13/h4-10,16,18-20H,11-12H2,1-3H3. The zero-order chi connectivity index (χ0) is 14.6. The van der Waals surface area contributed by atoms with E-state index in [9.17, 15) is 5.11 Å². The van der Waals surface area contributed by atoms with E-state index in [1.807, 2.05) is 30.6 Å². The van der Waals surface area contributed by atoms with E-state index in [4.69, 9.17) is 0 Å². The van der Waals surface area contributed by atoms with E-state index in [2.05, 4.69) is 43.2 Å². The summed E-state index contributed by atoms with van der Waals surface area (Å²) in [6.45, 7) is 7.89. The fraction of sp³-hybridized carbons (Fsp3) is 0.412. The minimum absolute atomic E-state index is 0.149. The second-order valence-electron chi connectivity index (χ2n) is 6.24. The zero-order valence-corrected chi connectivity index (χ0v) is 12.5. The van der Waals surface area contributed by atoms with Gasteiger partial charge in [0.05, 0.1) is 6.10 Å². The Balaban J connectivity index is 1.87. The van der Waals surface area contributed by atoms with E-state index >= 15 is 0 Å². The normalized spacial score (nSPS) is 13.4. The molecule has 1 aromatic carbocycles. The molecule has 108 valence electrons. The smallest absolute Gasteiger partial charge is 0.0914 e. The lowest BCUT2D eigenvalue weighted by Crippen LogP contribution is -2.21. The van der Waals surface area contributed by atoms with Crippen LogP contribution in [0.1, 0.15) is 43.6 Å². The molecule has 0 fully saturated rings. The molecular formula is C17H24N2O. The molecule has 0 radical (unpaired) electrons. The number of H-pyrrole nitrogens is 1. The molecule has 0 aliphatic heterocycles. The fourth-order valence-corrected chi connectivity index (χ4v) is 2.14. The SMILES string of the molecule is CC(C)(C)c1ccc(C(O)CNCc2cc[nH]c2)cc1. The third-order valence-electron chi connectivity index (χ3n) is 3.49. The molecule has 2 aromatic rings. The Kier molecular flexibility index (Phi) is 4.63. The van der Waals surface area contributed by atoms with Crippen molar-refractivity contribution in [2.75, 3.05) is 6.54 Å². The molecule has 0 spiro atoms. The Morgan fingerprint density at radius 2 is 1.85 bits per heavy atom. The number of rotatable bonds is 5. The number of hydrogen-bond donors (Lipinski definition) is 3. The van der Waals surface area contributed by atoms with E-state index in [-0.39, 0.29) is 5.41 Å². The van der Waals surface area contributed by atoms with Crippen molar-refractivity contribution in [3.8, 4) is 0 Å². The third kappa shape index (κ3) is 3.95. The van der Waals surface area contributed by atoms with Crippen LogP contribution in [0.25, 0.3) is 0 Å². The van der Waals surface area contributed by atoms with E-state index in [0.29, 0.717) is 6.54 Å². The first kappa shape index (κ1) is 14.8. The lowest BCUT2D eigenvalue weighted by Gasteiger charge is -2.20. The van der Waals surface area contributed by atoms with Gasteiger partial charge in [0, 0.05) is 25.5 Å². The Labute approximate surface area is 121 Å². The van der Waals surface area contributed by atoms with Crippen molar-refractivity contribution in [3.05, 3.63) is 59.4 Å². The highest BCUT2D eigenvalue weighted by atomic mass is 16.3. The Bertz CT molecular complexity index is 509. The minimum atomic E-state index is -0.469. The molecule has 1 aromatic heterocycles. The number of hydrogen-bond acceptors (Lipinski definition) is 2. The molecule has 0 amide bonds. The molecule has 1 unspecified atom stereocenters. The highest BCUT2D eigenvalue weighted by Crippen LogP contribution is 2.23. The van der Waals surface area contributed by atoms with E-state index in [1.165, 1.54) is 11.1 Å². The Hall–Kier alpha value is -1.58. The predicted octanol–water partition coefficient (Wildman–Crippen LogP) is 3.14. The van der Waals surface area contributed by atoms with Gasteiger partial charge in [-0.3, -0.25) is 0 Å². The van der Waals surface area contributed by atoms with Crippen molar-refractivity contribution in [1.29, 1.82) is 0 Å². The minimum Gasteiger partial charge on any atom is -0.387 e. The van der Waals surface area contributed by atoms with E-state index in [1.54, 1.807) is 0 Å². The largest absolute Gasteiger partial charge is 0.387 e. The van der Waals surface area contributed by atoms with Crippen molar-refractivity contribution >= 4 is 0 Å². The van der Waals surface area contributed by atoms with Gasteiger partial charge in [-0.1, -0.05) is 45.0 Å². The van der Waals surface area contributed by atoms with Gasteiger partial charge < -0.3 is 15.4 Å². The van der Waals surface area contributed by atoms with Gasteiger partial charge in [-0.25, -0.2) is 0 Å². The maximum atomic E-state index is 10.2. The van der Waals surface area contributed by atoms with Gasteiger partial charge in [0.2, 0.25) is 0 Å². The molecule has 0 aliphatic carbocycles. The number of aromatic nitrogens is 1. The van der Waals surface area contributed by atoms with E-state index < -0.39 is 6.10 Å². The lowest BCUT2D eigenvalue weighted by molar-refractivity contribution is 0.174. The quantitative estimate of drug-likeness (QED) is 0.783. The predicted molar refractivity (Wildman–Crippen MR) is 82.6 cm³/mol. The maximum absolute atomic E-state index is 10.2. The summed E-state index contributed by atoms with van der Waals surface area (Å²) in [6, 6.07) is 10.3. The molecule has 0 saturated carbocycles. The number of aliphatic hydroxyl groups excluding tert-OH is 1. The molecule has 1 heterocycles. The van der Waals surface area contributed by atoms with Crippen LogP contribution in [-0.2, 0) is 12.0 Å². The lowest BCUT2D eigenvalue weighted by atomic mass is 9.86. The van der Waals surface area contributed by atoms with Gasteiger partial charge >= 0.3 is 0 Å². The zero-order valence-electron chi connectivity index (χ0n) is 12.5. The van der Waals surface area contributed by atoms with Crippen LogP contribution in [0.5, 0.6) is 0 Å². The van der Waals surface area contributed by atoms with Crippen LogP contribution >= 0.6 is 0 Å². The summed E-state index contributed by atoms with van der Waals surface area (Å²) < 4.78 is 0. The molecule has 0 bridgehead atoms. The van der Waals surface area contributed by atoms with Gasteiger partial charge in [-0.15, -0.1) is 0 Å². The van der Waals surface area contributed by atoms with Crippen LogP contribution in [0.4, 0.5) is 0 Å². The molecule has 2 rings (SSSR count). The van der Waals surface area contributed by atoms with Crippen molar-refractivity contribution in [1.82, 2.24) is 10.3 Å². The average molecular weight is 272 g/mol. The summed E-state index contributed by atoms with van der Waals surface area (Å²) in [6.07, 6.45) is 3.39. The van der Waals surface area contributed by atoms with Crippen molar-refractivity contribution in [2.45, 2.75) is 38.8 Å². The topological polar surface area (TPSA) is 48.0 Å². The first-order valence-corrected chi connectivity index (χ1v) is 7.08. The van der Waals surface area contributed by atoms with Crippen LogP contribution in [-0.4, -0.2) is 16.6 Å². The van der Waals surface area contributed by atoms with Gasteiger partial charge in [0.25, 0.3) is 0 Å². The summed E-state index contributed by atoms with van der Waals surface area (Å²) in [5, 5.41) is 13.4. The van der Waals surface area contributed by atoms with Crippen LogP contribution in [0.2, 0.25) is 0 Å². The molecule has 1 atom stereocenters. The highest BCUT2D eigenvalue weighted by molar-refractivity contribution is 5.28.